The van der Waals surface area contributed by atoms with Crippen molar-refractivity contribution in [1.29, 1.82) is 0 Å². The number of nitrogens with one attached hydrogen (secondary N) is 1. The molecule has 12 heteroatoms. The normalized spacial score (nSPS) is 13.1. The van der Waals surface area contributed by atoms with Crippen LogP contribution < -0.4 is 4.72 Å². The van der Waals surface area contributed by atoms with Gasteiger partial charge in [-0.1, -0.05) is 0 Å². The molecule has 0 fully saturated rings. The zero-order chi connectivity index (χ0) is 20.1. The van der Waals surface area contributed by atoms with Crippen molar-refractivity contribution >= 4 is 15.7 Å². The van der Waals surface area contributed by atoms with Gasteiger partial charge < -0.3 is 0 Å². The van der Waals surface area contributed by atoms with Gasteiger partial charge in [-0.15, -0.1) is 0 Å². The second kappa shape index (κ2) is 6.18. The van der Waals surface area contributed by atoms with E-state index >= 15 is 0 Å². The van der Waals surface area contributed by atoms with Crippen LogP contribution in [0.5, 0.6) is 0 Å². The molecule has 5 nitrogen and oxygen atoms in total. The first-order valence-corrected chi connectivity index (χ1v) is 8.44. The Morgan fingerprint density at radius 1 is 0.962 bits per heavy atom. The van der Waals surface area contributed by atoms with E-state index < -0.39 is 38.4 Å². The van der Waals surface area contributed by atoms with Gasteiger partial charge in [0.05, 0.1) is 33.1 Å². The van der Waals surface area contributed by atoms with E-state index in [1.807, 2.05) is 4.72 Å². The van der Waals surface area contributed by atoms with Gasteiger partial charge in [-0.3, -0.25) is 9.40 Å². The summed E-state index contributed by atoms with van der Waals surface area (Å²) in [7, 11) is -3.21. The number of halogens is 6. The van der Waals surface area contributed by atoms with E-state index in [1.165, 1.54) is 25.6 Å². The van der Waals surface area contributed by atoms with Crippen LogP contribution in [0.15, 0.2) is 23.1 Å². The molecule has 0 aliphatic rings. The van der Waals surface area contributed by atoms with E-state index in [9.17, 15) is 34.8 Å². The number of hydrogen-bond donors (Lipinski definition) is 1. The second-order valence-electron chi connectivity index (χ2n) is 5.52. The average Bonchev–Trinajstić information content (AvgIpc) is 2.71. The highest BCUT2D eigenvalue weighted by molar-refractivity contribution is 7.92. The molecule has 0 atom stereocenters. The molecule has 0 aliphatic heterocycles. The fourth-order valence-electron chi connectivity index (χ4n) is 2.20. The van der Waals surface area contributed by atoms with Crippen LogP contribution >= 0.6 is 0 Å². The van der Waals surface area contributed by atoms with E-state index in [0.717, 1.165) is 0 Å². The Bertz CT molecular complexity index is 913. The summed E-state index contributed by atoms with van der Waals surface area (Å²) in [6.07, 6.45) is -10.3. The molecule has 2 aromatic rings. The number of sulfonamides is 1. The summed E-state index contributed by atoms with van der Waals surface area (Å²) in [5, 5.41) is 3.93. The third-order valence-electron chi connectivity index (χ3n) is 3.62. The van der Waals surface area contributed by atoms with Gasteiger partial charge in [-0.05, 0) is 32.0 Å². The fraction of sp³-hybridized carbons (Fsp3) is 0.357. The summed E-state index contributed by atoms with van der Waals surface area (Å²) in [5.41, 5.74) is -2.89. The van der Waals surface area contributed by atoms with Gasteiger partial charge in [0, 0.05) is 7.05 Å². The van der Waals surface area contributed by atoms with Crippen molar-refractivity contribution in [3.8, 4) is 0 Å². The highest BCUT2D eigenvalue weighted by atomic mass is 32.2. The summed E-state index contributed by atoms with van der Waals surface area (Å²) < 4.78 is 105. The lowest BCUT2D eigenvalue weighted by atomic mass is 10.1. The standard InChI is InChI=1S/C14H13F6N3O2S/c1-7-12(8(2)23(3)21-7)22-26(24,25)11-5-9(13(15,16)17)4-10(6-11)14(18,19)20/h4-6,22H,1-3H3. The lowest BCUT2D eigenvalue weighted by Crippen LogP contribution is -2.18. The number of anilines is 1. The summed E-state index contributed by atoms with van der Waals surface area (Å²) in [6, 6.07) is 0.164. The monoisotopic (exact) mass is 401 g/mol. The van der Waals surface area contributed by atoms with E-state index in [1.54, 1.807) is 0 Å². The lowest BCUT2D eigenvalue weighted by molar-refractivity contribution is -0.143. The van der Waals surface area contributed by atoms with Crippen molar-refractivity contribution < 1.29 is 34.8 Å². The molecule has 0 saturated heterocycles. The molecule has 1 aromatic heterocycles. The second-order valence-corrected chi connectivity index (χ2v) is 7.20. The van der Waals surface area contributed by atoms with Crippen molar-refractivity contribution in [2.45, 2.75) is 31.1 Å². The number of benzene rings is 1. The number of hydrogen-bond acceptors (Lipinski definition) is 3. The quantitative estimate of drug-likeness (QED) is 0.794. The van der Waals surface area contributed by atoms with Gasteiger partial charge in [0.25, 0.3) is 10.0 Å². The maximum atomic E-state index is 12.9. The van der Waals surface area contributed by atoms with Crippen molar-refractivity contribution in [2.75, 3.05) is 4.72 Å². The highest BCUT2D eigenvalue weighted by Crippen LogP contribution is 2.37. The van der Waals surface area contributed by atoms with Gasteiger partial charge in [-0.2, -0.15) is 31.4 Å². The first-order chi connectivity index (χ1) is 11.6. The predicted molar refractivity (Wildman–Crippen MR) is 79.9 cm³/mol. The van der Waals surface area contributed by atoms with Gasteiger partial charge in [-0.25, -0.2) is 8.42 Å². The van der Waals surface area contributed by atoms with Crippen LogP contribution in [0.4, 0.5) is 32.0 Å². The van der Waals surface area contributed by atoms with E-state index in [-0.39, 0.29) is 29.6 Å². The summed E-state index contributed by atoms with van der Waals surface area (Å²) in [6.45, 7) is 2.93. The molecule has 26 heavy (non-hydrogen) atoms. The van der Waals surface area contributed by atoms with Crippen LogP contribution in [-0.2, 0) is 29.4 Å². The van der Waals surface area contributed by atoms with E-state index in [4.69, 9.17) is 0 Å². The molecule has 1 N–H and O–H groups in total. The topological polar surface area (TPSA) is 64.0 Å². The van der Waals surface area contributed by atoms with Crippen LogP contribution in [-0.4, -0.2) is 18.2 Å². The minimum Gasteiger partial charge on any atom is -0.276 e. The maximum absolute atomic E-state index is 12.9. The SMILES string of the molecule is Cc1nn(C)c(C)c1NS(=O)(=O)c1cc(C(F)(F)F)cc(C(F)(F)F)c1. The van der Waals surface area contributed by atoms with Crippen LogP contribution in [0.25, 0.3) is 0 Å². The predicted octanol–water partition coefficient (Wildman–Crippen LogP) is 3.88. The number of aromatic nitrogens is 2. The molecule has 144 valence electrons. The van der Waals surface area contributed by atoms with Crippen LogP contribution in [0, 0.1) is 13.8 Å². The van der Waals surface area contributed by atoms with Gasteiger partial charge in [0.15, 0.2) is 0 Å². The summed E-state index contributed by atoms with van der Waals surface area (Å²) in [4.78, 5) is -1.15. The molecule has 0 unspecified atom stereocenters. The van der Waals surface area contributed by atoms with E-state index in [2.05, 4.69) is 5.10 Å². The van der Waals surface area contributed by atoms with Crippen LogP contribution in [0.1, 0.15) is 22.5 Å². The molecule has 0 aliphatic carbocycles. The first kappa shape index (κ1) is 20.1. The van der Waals surface area contributed by atoms with E-state index in [0.29, 0.717) is 5.69 Å². The molecule has 0 amide bonds. The number of rotatable bonds is 3. The van der Waals surface area contributed by atoms with Crippen molar-refractivity contribution in [2.24, 2.45) is 7.05 Å². The van der Waals surface area contributed by atoms with Crippen molar-refractivity contribution in [1.82, 2.24) is 9.78 Å². The number of alkyl halides is 6. The zero-order valence-electron chi connectivity index (χ0n) is 13.6. The summed E-state index contributed by atoms with van der Waals surface area (Å²) >= 11 is 0. The molecular formula is C14H13F6N3O2S. The average molecular weight is 401 g/mol. The Kier molecular flexibility index (Phi) is 4.77. The molecule has 2 rings (SSSR count). The maximum Gasteiger partial charge on any atom is 0.416 e. The van der Waals surface area contributed by atoms with Crippen LogP contribution in [0.2, 0.25) is 0 Å². The van der Waals surface area contributed by atoms with Crippen molar-refractivity contribution in [3.63, 3.8) is 0 Å². The lowest BCUT2D eigenvalue weighted by Gasteiger charge is -2.15. The Morgan fingerprint density at radius 3 is 1.77 bits per heavy atom. The smallest absolute Gasteiger partial charge is 0.276 e. The Morgan fingerprint density at radius 2 is 1.42 bits per heavy atom. The minimum absolute atomic E-state index is 0.0153. The number of nitrogens with zero attached hydrogens (tertiary/aromatic N) is 2. The largest absolute Gasteiger partial charge is 0.416 e. The molecule has 0 bridgehead atoms. The zero-order valence-corrected chi connectivity index (χ0v) is 14.4. The molecule has 0 spiro atoms. The Hall–Kier alpha value is -2.24. The molecule has 1 heterocycles. The molecule has 1 aromatic carbocycles. The summed E-state index contributed by atoms with van der Waals surface area (Å²) in [5.74, 6) is 0. The van der Waals surface area contributed by atoms with Crippen LogP contribution in [0.3, 0.4) is 0 Å². The number of aryl methyl sites for hydroxylation is 2. The molecular weight excluding hydrogens is 388 g/mol. The van der Waals surface area contributed by atoms with Gasteiger partial charge >= 0.3 is 12.4 Å². The minimum atomic E-state index is -5.15. The fourth-order valence-corrected chi connectivity index (χ4v) is 3.44. The Labute approximate surface area is 144 Å². The third kappa shape index (κ3) is 3.94. The molecule has 0 saturated carbocycles. The van der Waals surface area contributed by atoms with Gasteiger partial charge in [0.1, 0.15) is 0 Å². The third-order valence-corrected chi connectivity index (χ3v) is 4.95. The highest BCUT2D eigenvalue weighted by Gasteiger charge is 2.38. The van der Waals surface area contributed by atoms with Gasteiger partial charge in [0.2, 0.25) is 0 Å². The Balaban J connectivity index is 2.62. The molecule has 0 radical (unpaired) electrons. The van der Waals surface area contributed by atoms with Crippen molar-refractivity contribution in [3.05, 3.63) is 40.7 Å². The first-order valence-electron chi connectivity index (χ1n) is 6.95.